The summed E-state index contributed by atoms with van der Waals surface area (Å²) in [6.07, 6.45) is 1.88. The maximum Gasteiger partial charge on any atom is 0.160 e. The molecular weight excluding hydrogens is 264 g/mol. The summed E-state index contributed by atoms with van der Waals surface area (Å²) in [5.74, 6) is 1.59. The summed E-state index contributed by atoms with van der Waals surface area (Å²) in [6.45, 7) is 1.57. The molecule has 2 rings (SSSR count). The van der Waals surface area contributed by atoms with E-state index in [1.165, 1.54) is 0 Å². The lowest BCUT2D eigenvalue weighted by Crippen LogP contribution is -1.96. The van der Waals surface area contributed by atoms with E-state index in [4.69, 9.17) is 9.47 Å². The van der Waals surface area contributed by atoms with Gasteiger partial charge < -0.3 is 9.47 Å². The van der Waals surface area contributed by atoms with Gasteiger partial charge in [-0.1, -0.05) is 24.3 Å². The maximum atomic E-state index is 11.9. The average molecular weight is 282 g/mol. The summed E-state index contributed by atoms with van der Waals surface area (Å²) in [7, 11) is 3.25. The predicted octanol–water partition coefficient (Wildman–Crippen LogP) is 3.83. The molecule has 0 N–H and O–H groups in total. The number of ether oxygens (including phenoxy) is 2. The second kappa shape index (κ2) is 6.75. The third-order valence-corrected chi connectivity index (χ3v) is 3.21. The zero-order valence-corrected chi connectivity index (χ0v) is 12.4. The molecule has 0 aliphatic carbocycles. The molecule has 0 aliphatic heterocycles. The van der Waals surface area contributed by atoms with Crippen LogP contribution in [0.5, 0.6) is 11.5 Å². The van der Waals surface area contributed by atoms with Gasteiger partial charge in [0, 0.05) is 5.57 Å². The third kappa shape index (κ3) is 3.72. The van der Waals surface area contributed by atoms with Crippen LogP contribution in [0.1, 0.15) is 18.1 Å². The quantitative estimate of drug-likeness (QED) is 0.617. The third-order valence-electron chi connectivity index (χ3n) is 3.21. The lowest BCUT2D eigenvalue weighted by molar-refractivity contribution is -0.111. The number of rotatable bonds is 5. The van der Waals surface area contributed by atoms with Crippen LogP contribution in [0.2, 0.25) is 0 Å². The first-order chi connectivity index (χ1) is 10.1. The summed E-state index contributed by atoms with van der Waals surface area (Å²) in [5, 5.41) is 0. The van der Waals surface area contributed by atoms with Crippen molar-refractivity contribution in [1.82, 2.24) is 0 Å². The molecule has 0 heterocycles. The molecule has 0 saturated carbocycles. The van der Waals surface area contributed by atoms with Crippen LogP contribution in [0, 0.1) is 0 Å². The molecule has 108 valence electrons. The normalized spacial score (nSPS) is 11.1. The number of benzene rings is 2. The molecule has 0 atom stereocenters. The fourth-order valence-corrected chi connectivity index (χ4v) is 2.03. The number of methoxy groups -OCH3 is 2. The highest BCUT2D eigenvalue weighted by Crippen LogP contribution is 2.23. The van der Waals surface area contributed by atoms with Gasteiger partial charge in [-0.3, -0.25) is 4.79 Å². The van der Waals surface area contributed by atoms with Crippen LogP contribution in [0.4, 0.5) is 0 Å². The molecule has 0 aliphatic rings. The molecule has 0 aromatic heterocycles. The van der Waals surface area contributed by atoms with Crippen molar-refractivity contribution in [3.63, 3.8) is 0 Å². The molecule has 3 heteroatoms. The Bertz CT molecular complexity index is 637. The number of hydrogen-bond acceptors (Lipinski definition) is 3. The van der Waals surface area contributed by atoms with Gasteiger partial charge >= 0.3 is 0 Å². The van der Waals surface area contributed by atoms with Gasteiger partial charge in [-0.05, 0) is 48.4 Å². The van der Waals surface area contributed by atoms with Crippen molar-refractivity contribution < 1.29 is 14.3 Å². The molecule has 0 unspecified atom stereocenters. The van der Waals surface area contributed by atoms with E-state index in [9.17, 15) is 4.79 Å². The molecular formula is C18H18O3. The van der Waals surface area contributed by atoms with Gasteiger partial charge in [-0.2, -0.15) is 0 Å². The van der Waals surface area contributed by atoms with E-state index in [1.54, 1.807) is 21.1 Å². The van der Waals surface area contributed by atoms with E-state index < -0.39 is 0 Å². The SMILES string of the molecule is COc1ccc(/C=C(/C(C)=O)c2ccc(OC)cc2)cc1. The molecule has 0 bridgehead atoms. The highest BCUT2D eigenvalue weighted by atomic mass is 16.5. The molecule has 21 heavy (non-hydrogen) atoms. The van der Waals surface area contributed by atoms with Crippen LogP contribution in [-0.4, -0.2) is 20.0 Å². The minimum absolute atomic E-state index is 0.0241. The minimum atomic E-state index is 0.0241. The number of allylic oxidation sites excluding steroid dienone is 1. The molecule has 0 fully saturated rings. The summed E-state index contributed by atoms with van der Waals surface area (Å²) < 4.78 is 10.3. The summed E-state index contributed by atoms with van der Waals surface area (Å²) >= 11 is 0. The Morgan fingerprint density at radius 2 is 1.33 bits per heavy atom. The first-order valence-electron chi connectivity index (χ1n) is 6.65. The Kier molecular flexibility index (Phi) is 4.77. The Balaban J connectivity index is 2.36. The van der Waals surface area contributed by atoms with Crippen molar-refractivity contribution in [1.29, 1.82) is 0 Å². The van der Waals surface area contributed by atoms with E-state index in [2.05, 4.69) is 0 Å². The smallest absolute Gasteiger partial charge is 0.160 e. The van der Waals surface area contributed by atoms with Crippen molar-refractivity contribution in [2.75, 3.05) is 14.2 Å². The van der Waals surface area contributed by atoms with Gasteiger partial charge in [0.1, 0.15) is 11.5 Å². The van der Waals surface area contributed by atoms with Gasteiger partial charge in [0.05, 0.1) is 14.2 Å². The minimum Gasteiger partial charge on any atom is -0.497 e. The van der Waals surface area contributed by atoms with E-state index in [-0.39, 0.29) is 5.78 Å². The number of hydrogen-bond donors (Lipinski definition) is 0. The lowest BCUT2D eigenvalue weighted by Gasteiger charge is -2.06. The van der Waals surface area contributed by atoms with Crippen LogP contribution in [0.3, 0.4) is 0 Å². The van der Waals surface area contributed by atoms with Crippen molar-refractivity contribution in [2.45, 2.75) is 6.92 Å². The average Bonchev–Trinajstić information content (AvgIpc) is 2.53. The highest BCUT2D eigenvalue weighted by molar-refractivity contribution is 6.24. The fraction of sp³-hybridized carbons (Fsp3) is 0.167. The summed E-state index contributed by atoms with van der Waals surface area (Å²) in [4.78, 5) is 11.9. The van der Waals surface area contributed by atoms with Gasteiger partial charge in [-0.25, -0.2) is 0 Å². The zero-order chi connectivity index (χ0) is 15.2. The van der Waals surface area contributed by atoms with E-state index in [0.29, 0.717) is 5.57 Å². The number of ketones is 1. The standard InChI is InChI=1S/C18H18O3/c1-13(19)18(15-6-10-17(21-3)11-7-15)12-14-4-8-16(20-2)9-5-14/h4-12H,1-3H3/b18-12-. The number of carbonyl (C=O) groups excluding carboxylic acids is 1. The Hall–Kier alpha value is -2.55. The topological polar surface area (TPSA) is 35.5 Å². The first kappa shape index (κ1) is 14.9. The van der Waals surface area contributed by atoms with Crippen LogP contribution in [-0.2, 0) is 4.79 Å². The second-order valence-electron chi connectivity index (χ2n) is 4.62. The molecule has 0 amide bonds. The van der Waals surface area contributed by atoms with Gasteiger partial charge in [0.25, 0.3) is 0 Å². The second-order valence-corrected chi connectivity index (χ2v) is 4.62. The molecule has 0 radical (unpaired) electrons. The molecule has 2 aromatic rings. The number of carbonyl (C=O) groups is 1. The Morgan fingerprint density at radius 1 is 0.857 bits per heavy atom. The highest BCUT2D eigenvalue weighted by Gasteiger charge is 2.07. The maximum absolute atomic E-state index is 11.9. The van der Waals surface area contributed by atoms with E-state index in [1.807, 2.05) is 54.6 Å². The zero-order valence-electron chi connectivity index (χ0n) is 12.4. The van der Waals surface area contributed by atoms with E-state index >= 15 is 0 Å². The van der Waals surface area contributed by atoms with Crippen molar-refractivity contribution >= 4 is 17.4 Å². The molecule has 0 saturated heterocycles. The summed E-state index contributed by atoms with van der Waals surface area (Å²) in [6, 6.07) is 15.1. The molecule has 3 nitrogen and oxygen atoms in total. The van der Waals surface area contributed by atoms with Crippen molar-refractivity contribution in [3.8, 4) is 11.5 Å². The number of Topliss-reactive ketones (excluding diaryl/α,β-unsaturated/α-hetero) is 1. The van der Waals surface area contributed by atoms with Gasteiger partial charge in [0.15, 0.2) is 5.78 Å². The summed E-state index contributed by atoms with van der Waals surface area (Å²) in [5.41, 5.74) is 2.50. The van der Waals surface area contributed by atoms with Gasteiger partial charge in [0.2, 0.25) is 0 Å². The van der Waals surface area contributed by atoms with Gasteiger partial charge in [-0.15, -0.1) is 0 Å². The molecule has 2 aromatic carbocycles. The van der Waals surface area contributed by atoms with E-state index in [0.717, 1.165) is 22.6 Å². The van der Waals surface area contributed by atoms with Crippen molar-refractivity contribution in [3.05, 3.63) is 59.7 Å². The predicted molar refractivity (Wildman–Crippen MR) is 84.5 cm³/mol. The van der Waals surface area contributed by atoms with Crippen LogP contribution >= 0.6 is 0 Å². The Labute approximate surface area is 124 Å². The molecule has 0 spiro atoms. The Morgan fingerprint density at radius 3 is 1.76 bits per heavy atom. The van der Waals surface area contributed by atoms with Crippen LogP contribution in [0.25, 0.3) is 11.6 Å². The lowest BCUT2D eigenvalue weighted by atomic mass is 9.99. The van der Waals surface area contributed by atoms with Crippen LogP contribution < -0.4 is 9.47 Å². The first-order valence-corrected chi connectivity index (χ1v) is 6.65. The fourth-order valence-electron chi connectivity index (χ4n) is 2.03. The largest absolute Gasteiger partial charge is 0.497 e. The van der Waals surface area contributed by atoms with Crippen molar-refractivity contribution in [2.24, 2.45) is 0 Å². The monoisotopic (exact) mass is 282 g/mol. The van der Waals surface area contributed by atoms with Crippen LogP contribution in [0.15, 0.2) is 48.5 Å².